The number of aliphatic hydroxyl groups is 1. The Bertz CT molecular complexity index is 1150. The van der Waals surface area contributed by atoms with Crippen molar-refractivity contribution in [2.45, 2.75) is 57.7 Å². The number of hydrogen-bond acceptors (Lipinski definition) is 6. The smallest absolute Gasteiger partial charge is 0.410 e. The van der Waals surface area contributed by atoms with Crippen molar-refractivity contribution in [3.05, 3.63) is 72.6 Å². The molecule has 2 heterocycles. The first-order chi connectivity index (χ1) is 17.7. The largest absolute Gasteiger partial charge is 0.497 e. The Labute approximate surface area is 218 Å². The van der Waals surface area contributed by atoms with Gasteiger partial charge in [-0.2, -0.15) is 0 Å². The first-order valence-corrected chi connectivity index (χ1v) is 12.6. The summed E-state index contributed by atoms with van der Waals surface area (Å²) >= 11 is 0. The molecule has 0 unspecified atom stereocenters. The number of allylic oxidation sites excluding steroid dienone is 1. The van der Waals surface area contributed by atoms with Gasteiger partial charge in [-0.1, -0.05) is 30.3 Å². The Hall–Kier alpha value is -3.58. The van der Waals surface area contributed by atoms with E-state index in [1.807, 2.05) is 75.4 Å². The van der Waals surface area contributed by atoms with E-state index < -0.39 is 5.60 Å². The van der Waals surface area contributed by atoms with Gasteiger partial charge >= 0.3 is 6.09 Å². The van der Waals surface area contributed by atoms with Gasteiger partial charge in [-0.25, -0.2) is 9.78 Å². The molecule has 1 amide bonds. The van der Waals surface area contributed by atoms with Crippen molar-refractivity contribution >= 4 is 6.09 Å². The predicted octanol–water partition coefficient (Wildman–Crippen LogP) is 6.35. The van der Waals surface area contributed by atoms with Crippen molar-refractivity contribution in [3.8, 4) is 28.3 Å². The molecule has 3 aromatic rings. The van der Waals surface area contributed by atoms with Gasteiger partial charge in [-0.15, -0.1) is 6.58 Å². The van der Waals surface area contributed by atoms with E-state index in [0.717, 1.165) is 28.1 Å². The molecule has 7 heteroatoms. The molecular formula is C30H36N2O5. The van der Waals surface area contributed by atoms with E-state index in [0.29, 0.717) is 44.0 Å². The highest BCUT2D eigenvalue weighted by Crippen LogP contribution is 2.43. The number of likely N-dealkylation sites (tertiary alicyclic amines) is 1. The second kappa shape index (κ2) is 10.8. The molecule has 1 N–H and O–H groups in total. The highest BCUT2D eigenvalue weighted by Gasteiger charge is 2.42. The molecule has 1 saturated heterocycles. The van der Waals surface area contributed by atoms with Crippen LogP contribution in [0.1, 0.15) is 51.5 Å². The summed E-state index contributed by atoms with van der Waals surface area (Å²) in [5, 5.41) is 9.48. The summed E-state index contributed by atoms with van der Waals surface area (Å²) in [6, 6.07) is 15.4. The maximum atomic E-state index is 12.7. The van der Waals surface area contributed by atoms with E-state index in [2.05, 4.69) is 6.58 Å². The van der Waals surface area contributed by atoms with E-state index in [1.165, 1.54) is 0 Å². The molecule has 0 spiro atoms. The van der Waals surface area contributed by atoms with E-state index in [9.17, 15) is 9.90 Å². The van der Waals surface area contributed by atoms with Gasteiger partial charge in [0, 0.05) is 24.2 Å². The third-order valence-electron chi connectivity index (χ3n) is 6.75. The average Bonchev–Trinajstić information content (AvgIpc) is 3.34. The number of aromatic nitrogens is 1. The number of aliphatic hydroxyl groups excluding tert-OH is 1. The molecule has 0 radical (unpaired) electrons. The van der Waals surface area contributed by atoms with Crippen LogP contribution in [-0.4, -0.2) is 46.9 Å². The highest BCUT2D eigenvalue weighted by molar-refractivity contribution is 5.77. The number of methoxy groups -OCH3 is 1. The van der Waals surface area contributed by atoms with Crippen LogP contribution < -0.4 is 4.74 Å². The lowest BCUT2D eigenvalue weighted by Gasteiger charge is -2.39. The second-order valence-corrected chi connectivity index (χ2v) is 10.5. The summed E-state index contributed by atoms with van der Waals surface area (Å²) in [5.41, 5.74) is 2.44. The maximum absolute atomic E-state index is 12.7. The Morgan fingerprint density at radius 1 is 1.11 bits per heavy atom. The van der Waals surface area contributed by atoms with E-state index in [1.54, 1.807) is 12.0 Å². The molecule has 0 saturated carbocycles. The van der Waals surface area contributed by atoms with Crippen molar-refractivity contribution in [2.75, 3.05) is 20.2 Å². The second-order valence-electron chi connectivity index (χ2n) is 10.5. The Kier molecular flexibility index (Phi) is 7.73. The minimum absolute atomic E-state index is 0.0239. The molecule has 37 heavy (non-hydrogen) atoms. The normalized spacial score (nSPS) is 15.3. The number of nitrogens with zero attached hydrogens (tertiary/aromatic N) is 2. The summed E-state index contributed by atoms with van der Waals surface area (Å²) in [6.07, 6.45) is 3.65. The summed E-state index contributed by atoms with van der Waals surface area (Å²) < 4.78 is 17.5. The highest BCUT2D eigenvalue weighted by atomic mass is 16.6. The van der Waals surface area contributed by atoms with Gasteiger partial charge in [0.15, 0.2) is 5.76 Å². The van der Waals surface area contributed by atoms with E-state index in [4.69, 9.17) is 18.9 Å². The van der Waals surface area contributed by atoms with Gasteiger partial charge in [-0.05, 0) is 69.9 Å². The van der Waals surface area contributed by atoms with Crippen molar-refractivity contribution in [2.24, 2.45) is 0 Å². The van der Waals surface area contributed by atoms with Gasteiger partial charge in [0.25, 0.3) is 0 Å². The zero-order chi connectivity index (χ0) is 26.6. The fraction of sp³-hybridized carbons (Fsp3) is 0.400. The van der Waals surface area contributed by atoms with E-state index >= 15 is 0 Å². The number of hydrogen-bond donors (Lipinski definition) is 1. The molecule has 2 aromatic carbocycles. The summed E-state index contributed by atoms with van der Waals surface area (Å²) in [6.45, 7) is 10.7. The number of oxazole rings is 1. The minimum Gasteiger partial charge on any atom is -0.497 e. The molecule has 7 nitrogen and oxygen atoms in total. The minimum atomic E-state index is -0.539. The van der Waals surface area contributed by atoms with Crippen molar-refractivity contribution < 1.29 is 23.8 Å². The number of carbonyl (C=O) groups excluding carboxylic acids is 1. The monoisotopic (exact) mass is 504 g/mol. The van der Waals surface area contributed by atoms with Crippen molar-refractivity contribution in [3.63, 3.8) is 0 Å². The zero-order valence-electron chi connectivity index (χ0n) is 22.1. The molecule has 1 aromatic heterocycles. The van der Waals surface area contributed by atoms with Crippen LogP contribution in [0.5, 0.6) is 5.75 Å². The Balaban J connectivity index is 1.71. The quantitative estimate of drug-likeness (QED) is 0.377. The predicted molar refractivity (Wildman–Crippen MR) is 143 cm³/mol. The first-order valence-electron chi connectivity index (χ1n) is 12.6. The maximum Gasteiger partial charge on any atom is 0.410 e. The lowest BCUT2D eigenvalue weighted by atomic mass is 9.75. The average molecular weight is 505 g/mol. The number of ether oxygens (including phenoxy) is 2. The molecule has 0 atom stereocenters. The number of carbonyl (C=O) groups is 1. The molecule has 1 aliphatic rings. The number of benzene rings is 2. The van der Waals surface area contributed by atoms with Crippen LogP contribution in [-0.2, 0) is 16.8 Å². The topological polar surface area (TPSA) is 85.0 Å². The fourth-order valence-electron chi connectivity index (χ4n) is 4.67. The molecule has 0 aliphatic carbocycles. The lowest BCUT2D eigenvalue weighted by Crippen LogP contribution is -2.46. The Morgan fingerprint density at radius 2 is 1.73 bits per heavy atom. The summed E-state index contributed by atoms with van der Waals surface area (Å²) in [4.78, 5) is 19.5. The van der Waals surface area contributed by atoms with Gasteiger partial charge < -0.3 is 23.9 Å². The van der Waals surface area contributed by atoms with Gasteiger partial charge in [0.1, 0.15) is 17.0 Å². The van der Waals surface area contributed by atoms with Crippen molar-refractivity contribution in [1.82, 2.24) is 9.88 Å². The van der Waals surface area contributed by atoms with Gasteiger partial charge in [-0.3, -0.25) is 0 Å². The molecule has 1 fully saturated rings. The van der Waals surface area contributed by atoms with Crippen LogP contribution in [0.3, 0.4) is 0 Å². The van der Waals surface area contributed by atoms with Crippen LogP contribution in [0.15, 0.2) is 65.6 Å². The number of piperidine rings is 1. The van der Waals surface area contributed by atoms with Crippen LogP contribution in [0, 0.1) is 0 Å². The van der Waals surface area contributed by atoms with Crippen molar-refractivity contribution in [1.29, 1.82) is 0 Å². The molecule has 4 rings (SSSR count). The Morgan fingerprint density at radius 3 is 2.27 bits per heavy atom. The standard InChI is InChI=1S/C30H36N2O5/c1-6-15-30(16-18-32(19-17-30)28(34)37-29(2,3)4)27-31-25(22-11-13-24(35-5)14-12-22)26(36-27)23-9-7-21(20-33)8-10-23/h6-14,33H,1,15-20H2,2-5H3. The molecule has 1 aliphatic heterocycles. The molecule has 196 valence electrons. The fourth-order valence-corrected chi connectivity index (χ4v) is 4.67. The number of rotatable bonds is 7. The van der Waals surface area contributed by atoms with Gasteiger partial charge in [0.05, 0.1) is 19.1 Å². The van der Waals surface area contributed by atoms with Crippen LogP contribution in [0.2, 0.25) is 0 Å². The van der Waals surface area contributed by atoms with Crippen LogP contribution in [0.4, 0.5) is 4.79 Å². The molecular weight excluding hydrogens is 468 g/mol. The summed E-state index contributed by atoms with van der Waals surface area (Å²) in [7, 11) is 1.64. The third-order valence-corrected chi connectivity index (χ3v) is 6.75. The number of amides is 1. The SMILES string of the molecule is C=CCC1(c2nc(-c3ccc(OC)cc3)c(-c3ccc(CO)cc3)o2)CCN(C(=O)OC(C)(C)C)CC1. The summed E-state index contributed by atoms with van der Waals surface area (Å²) in [5.74, 6) is 2.07. The van der Waals surface area contributed by atoms with Crippen LogP contribution >= 0.6 is 0 Å². The van der Waals surface area contributed by atoms with Gasteiger partial charge in [0.2, 0.25) is 5.89 Å². The lowest BCUT2D eigenvalue weighted by molar-refractivity contribution is 0.0150. The zero-order valence-corrected chi connectivity index (χ0v) is 22.1. The third kappa shape index (κ3) is 5.88. The molecule has 0 bridgehead atoms. The first kappa shape index (κ1) is 26.5. The van der Waals surface area contributed by atoms with Crippen LogP contribution in [0.25, 0.3) is 22.6 Å². The van der Waals surface area contributed by atoms with E-state index in [-0.39, 0.29) is 18.1 Å².